The fourth-order valence-corrected chi connectivity index (χ4v) is 1.23. The summed E-state index contributed by atoms with van der Waals surface area (Å²) >= 11 is 0. The summed E-state index contributed by atoms with van der Waals surface area (Å²) in [6.07, 6.45) is 0. The van der Waals surface area contributed by atoms with Crippen LogP contribution in [-0.4, -0.2) is 4.66 Å². The Morgan fingerprint density at radius 1 is 1.07 bits per heavy atom. The summed E-state index contributed by atoms with van der Waals surface area (Å²) in [4.78, 5) is 0. The molecule has 1 heterocycles. The van der Waals surface area contributed by atoms with Gasteiger partial charge in [0.1, 0.15) is 0 Å². The van der Waals surface area contributed by atoms with Crippen molar-refractivity contribution in [1.29, 1.82) is 0 Å². The van der Waals surface area contributed by atoms with Crippen LogP contribution in [0.5, 0.6) is 0 Å². The number of nitrogens with one attached hydrogen (secondary N) is 1. The van der Waals surface area contributed by atoms with E-state index in [4.69, 9.17) is 18.6 Å². The quantitative estimate of drug-likeness (QED) is 0.490. The first-order valence-corrected chi connectivity index (χ1v) is 5.14. The zero-order valence-electron chi connectivity index (χ0n) is 7.27. The molecule has 0 unspecified atom stereocenters. The highest BCUT2D eigenvalue weighted by Crippen LogP contribution is 2.12. The Balaban J connectivity index is 0.000000171. The second kappa shape index (κ2) is 4.70. The van der Waals surface area contributed by atoms with Crippen molar-refractivity contribution >= 4 is 0 Å². The van der Waals surface area contributed by atoms with Gasteiger partial charge in [-0.25, -0.2) is 0 Å². The van der Waals surface area contributed by atoms with Crippen molar-refractivity contribution in [3.63, 3.8) is 0 Å². The summed E-state index contributed by atoms with van der Waals surface area (Å²) < 4.78 is 32.7. The second-order valence-corrected chi connectivity index (χ2v) is 3.56. The summed E-state index contributed by atoms with van der Waals surface area (Å²) in [6.45, 7) is 2.10. The second-order valence-electron chi connectivity index (χ2n) is 2.77. The Bertz CT molecular complexity index is 271. The molecule has 0 aromatic heterocycles. The van der Waals surface area contributed by atoms with Crippen LogP contribution in [0.1, 0.15) is 11.1 Å². The fourth-order valence-electron chi connectivity index (χ4n) is 1.23. The minimum Gasteiger partial charge on any atom is -0.309 e. The van der Waals surface area contributed by atoms with E-state index in [1.54, 1.807) is 0 Å². The molecule has 1 aliphatic rings. The molecule has 0 fully saturated rings. The molecule has 0 amide bonds. The molecule has 1 aliphatic heterocycles. The van der Waals surface area contributed by atoms with Gasteiger partial charge in [0.05, 0.1) is 14.9 Å². The minimum absolute atomic E-state index is 1.05. The number of hydrogen-bond donors (Lipinski definition) is 2. The lowest BCUT2D eigenvalue weighted by molar-refractivity contribution is -1.92. The third-order valence-corrected chi connectivity index (χ3v) is 1.75. The van der Waals surface area contributed by atoms with Gasteiger partial charge in [-0.15, -0.1) is 0 Å². The van der Waals surface area contributed by atoms with Crippen LogP contribution in [0.25, 0.3) is 0 Å². The van der Waals surface area contributed by atoms with Crippen LogP contribution in [-0.2, 0) is 13.1 Å². The number of fused-ring (bicyclic) bond motifs is 1. The molecule has 0 saturated carbocycles. The monoisotopic (exact) mass is 219 g/mol. The normalized spacial score (nSPS) is 14.3. The van der Waals surface area contributed by atoms with Crippen LogP contribution in [0, 0.1) is 10.2 Å². The molecule has 0 spiro atoms. The zero-order valence-corrected chi connectivity index (χ0v) is 8.03. The van der Waals surface area contributed by atoms with Gasteiger partial charge in [0.15, 0.2) is 0 Å². The van der Waals surface area contributed by atoms with Crippen molar-refractivity contribution in [2.45, 2.75) is 13.1 Å². The maximum atomic E-state index is 8.60. The molecule has 0 bridgehead atoms. The van der Waals surface area contributed by atoms with Gasteiger partial charge in [0.2, 0.25) is 0 Å². The van der Waals surface area contributed by atoms with Gasteiger partial charge in [0.25, 0.3) is 0 Å². The lowest BCUT2D eigenvalue weighted by Crippen LogP contribution is -2.58. The predicted octanol–water partition coefficient (Wildman–Crippen LogP) is -2.83. The largest absolute Gasteiger partial charge is 0.309 e. The average molecular weight is 220 g/mol. The van der Waals surface area contributed by atoms with E-state index >= 15 is 0 Å². The fraction of sp³-hybridized carbons (Fsp3) is 0.250. The lowest BCUT2D eigenvalue weighted by atomic mass is 10.1. The van der Waals surface area contributed by atoms with Gasteiger partial charge in [-0.05, 0) is 11.1 Å². The molecule has 0 saturated heterocycles. The maximum absolute atomic E-state index is 8.60. The molecule has 1 aromatic rings. The molecular weight excluding hydrogens is 210 g/mol. The van der Waals surface area contributed by atoms with E-state index in [2.05, 4.69) is 29.6 Å². The third-order valence-electron chi connectivity index (χ3n) is 1.75. The van der Waals surface area contributed by atoms with Gasteiger partial charge >= 0.3 is 0 Å². The maximum Gasteiger partial charge on any atom is 0.0777 e. The van der Waals surface area contributed by atoms with E-state index in [0.29, 0.717) is 0 Å². The molecule has 0 radical (unpaired) electrons. The van der Waals surface area contributed by atoms with Crippen LogP contribution in [0.4, 0.5) is 0 Å². The number of benzene rings is 1. The molecule has 2 rings (SSSR count). The van der Waals surface area contributed by atoms with Gasteiger partial charge < -0.3 is 5.32 Å². The first-order chi connectivity index (χ1) is 6.47. The van der Waals surface area contributed by atoms with Crippen LogP contribution >= 0.6 is 0 Å². The van der Waals surface area contributed by atoms with Crippen molar-refractivity contribution in [2.75, 3.05) is 0 Å². The third kappa shape index (κ3) is 4.52. The first kappa shape index (κ1) is 11.4. The topological polar surface area (TPSA) is 101 Å². The number of hydrogen-bond acceptors (Lipinski definition) is 5. The highest BCUT2D eigenvalue weighted by atomic mass is 35.7. The van der Waals surface area contributed by atoms with E-state index in [1.807, 2.05) is 0 Å². The molecule has 78 valence electrons. The number of rotatable bonds is 0. The van der Waals surface area contributed by atoms with Gasteiger partial charge in [-0.2, -0.15) is 14.0 Å². The highest BCUT2D eigenvalue weighted by Gasteiger charge is 2.06. The van der Waals surface area contributed by atoms with Crippen molar-refractivity contribution in [3.05, 3.63) is 35.4 Å². The van der Waals surface area contributed by atoms with E-state index in [0.717, 1.165) is 13.1 Å². The molecular formula is C8H10ClNO4. The summed E-state index contributed by atoms with van der Waals surface area (Å²) in [5, 5.41) is 3.29. The SMILES string of the molecule is [O-][Cl+3]([O-])([O-])O.c1ccc2c(c1)CNC2. The Morgan fingerprint density at radius 2 is 1.43 bits per heavy atom. The summed E-state index contributed by atoms with van der Waals surface area (Å²) in [6, 6.07) is 8.53. The highest BCUT2D eigenvalue weighted by molar-refractivity contribution is 5.29. The molecule has 1 aromatic carbocycles. The Labute approximate surface area is 83.3 Å². The van der Waals surface area contributed by atoms with Crippen LogP contribution in [0.3, 0.4) is 0 Å². The molecule has 5 nitrogen and oxygen atoms in total. The smallest absolute Gasteiger partial charge is 0.0777 e. The zero-order chi connectivity index (χ0) is 10.6. The molecule has 6 heteroatoms. The Morgan fingerprint density at radius 3 is 1.79 bits per heavy atom. The van der Waals surface area contributed by atoms with E-state index < -0.39 is 10.2 Å². The average Bonchev–Trinajstić information content (AvgIpc) is 2.47. The minimum atomic E-state index is -4.69. The van der Waals surface area contributed by atoms with E-state index in [9.17, 15) is 0 Å². The van der Waals surface area contributed by atoms with Crippen LogP contribution in [0.2, 0.25) is 0 Å². The summed E-state index contributed by atoms with van der Waals surface area (Å²) in [7, 11) is -4.69. The first-order valence-electron chi connectivity index (χ1n) is 3.87. The molecule has 14 heavy (non-hydrogen) atoms. The molecule has 2 N–H and O–H groups in total. The van der Waals surface area contributed by atoms with Crippen molar-refractivity contribution in [2.24, 2.45) is 0 Å². The Hall–Kier alpha value is -0.690. The lowest BCUT2D eigenvalue weighted by Gasteiger charge is -2.03. The van der Waals surface area contributed by atoms with Crippen LogP contribution < -0.4 is 19.3 Å². The summed E-state index contributed by atoms with van der Waals surface area (Å²) in [5.74, 6) is 0. The predicted molar refractivity (Wildman–Crippen MR) is 39.2 cm³/mol. The number of halogens is 1. The summed E-state index contributed by atoms with van der Waals surface area (Å²) in [5.41, 5.74) is 2.91. The van der Waals surface area contributed by atoms with E-state index in [1.165, 1.54) is 11.1 Å². The van der Waals surface area contributed by atoms with Crippen molar-refractivity contribution < 1.29 is 28.9 Å². The van der Waals surface area contributed by atoms with Gasteiger partial charge in [-0.1, -0.05) is 24.3 Å². The Kier molecular flexibility index (Phi) is 3.82. The molecule has 0 aliphatic carbocycles. The van der Waals surface area contributed by atoms with Gasteiger partial charge in [0, 0.05) is 13.1 Å². The van der Waals surface area contributed by atoms with Gasteiger partial charge in [-0.3, -0.25) is 0 Å². The van der Waals surface area contributed by atoms with Crippen molar-refractivity contribution in [1.82, 2.24) is 5.32 Å². The molecule has 0 atom stereocenters. The van der Waals surface area contributed by atoms with Crippen molar-refractivity contribution in [3.8, 4) is 0 Å². The van der Waals surface area contributed by atoms with E-state index in [-0.39, 0.29) is 0 Å². The standard InChI is InChI=1S/C8H9N.ClHO4/c1-2-4-8-6-9-5-7(8)3-1;2-1(3,4)5/h1-4,9H,5-6H2;(H,2,3,4,5). The van der Waals surface area contributed by atoms with Crippen LogP contribution in [0.15, 0.2) is 24.3 Å².